The number of para-hydroxylation sites is 1. The molecule has 13 heteroatoms. The van der Waals surface area contributed by atoms with Crippen LogP contribution in [0, 0.1) is 26.7 Å². The van der Waals surface area contributed by atoms with Gasteiger partial charge in [0.05, 0.1) is 35.3 Å². The number of likely N-dealkylation sites (N-methyl/N-ethyl adjacent to an activating group) is 1. The molecule has 0 saturated carbocycles. The minimum Gasteiger partial charge on any atom is -0.486 e. The number of aryl methyl sites for hydroxylation is 3. The Labute approximate surface area is 245 Å². The second-order valence-electron chi connectivity index (χ2n) is 10.7. The number of ether oxygens (including phenoxy) is 1. The second kappa shape index (κ2) is 12.5. The first-order valence-electron chi connectivity index (χ1n) is 13.6. The molecule has 0 fully saturated rings. The van der Waals surface area contributed by atoms with Crippen LogP contribution in [-0.4, -0.2) is 78.7 Å². The molecule has 1 aliphatic heterocycles. The summed E-state index contributed by atoms with van der Waals surface area (Å²) >= 11 is 0. The van der Waals surface area contributed by atoms with E-state index < -0.39 is 28.2 Å². The van der Waals surface area contributed by atoms with E-state index in [0.717, 1.165) is 5.56 Å². The number of aliphatic hydroxyl groups is 1. The fourth-order valence-electron chi connectivity index (χ4n) is 4.73. The van der Waals surface area contributed by atoms with E-state index in [4.69, 9.17) is 9.26 Å². The molecule has 0 unspecified atom stereocenters. The van der Waals surface area contributed by atoms with Crippen molar-refractivity contribution < 1.29 is 32.4 Å². The van der Waals surface area contributed by atoms with Crippen molar-refractivity contribution in [2.24, 2.45) is 5.92 Å². The summed E-state index contributed by atoms with van der Waals surface area (Å²) in [6, 6.07) is 10.2. The number of urea groups is 1. The van der Waals surface area contributed by atoms with E-state index in [0.29, 0.717) is 17.1 Å². The molecule has 3 aromatic rings. The monoisotopic (exact) mass is 599 g/mol. The maximum absolute atomic E-state index is 13.7. The lowest BCUT2D eigenvalue weighted by molar-refractivity contribution is 0.0389. The molecule has 12 nitrogen and oxygen atoms in total. The largest absolute Gasteiger partial charge is 0.486 e. The zero-order valence-electron chi connectivity index (χ0n) is 24.5. The maximum Gasteiger partial charge on any atom is 0.323 e. The summed E-state index contributed by atoms with van der Waals surface area (Å²) < 4.78 is 39.6. The molecule has 4 rings (SSSR count). The van der Waals surface area contributed by atoms with Crippen LogP contribution in [0.5, 0.6) is 5.75 Å². The van der Waals surface area contributed by atoms with Gasteiger partial charge in [-0.1, -0.05) is 35.8 Å². The smallest absolute Gasteiger partial charge is 0.323 e. The number of nitrogens with zero attached hydrogens (tertiary/aromatic N) is 3. The lowest BCUT2D eigenvalue weighted by Gasteiger charge is -2.38. The fourth-order valence-corrected chi connectivity index (χ4v) is 5.91. The molecule has 1 aliphatic rings. The summed E-state index contributed by atoms with van der Waals surface area (Å²) in [7, 11) is -2.37. The van der Waals surface area contributed by atoms with Gasteiger partial charge in [0, 0.05) is 19.5 Å². The van der Waals surface area contributed by atoms with Gasteiger partial charge in [-0.3, -0.25) is 4.79 Å². The normalized spacial score (nSPS) is 18.1. The minimum atomic E-state index is -3.85. The van der Waals surface area contributed by atoms with Crippen molar-refractivity contribution in [2.75, 3.05) is 37.4 Å². The molecule has 0 saturated heterocycles. The molecule has 226 valence electrons. The first-order valence-corrected chi connectivity index (χ1v) is 15.0. The summed E-state index contributed by atoms with van der Waals surface area (Å²) in [5.74, 6) is -0.203. The summed E-state index contributed by atoms with van der Waals surface area (Å²) in [6.45, 7) is 8.73. The molecule has 1 aromatic heterocycles. The number of nitrogens with one attached hydrogen (secondary N) is 2. The Bertz CT molecular complexity index is 1540. The molecule has 0 spiro atoms. The van der Waals surface area contributed by atoms with Gasteiger partial charge in [0.1, 0.15) is 17.5 Å². The maximum atomic E-state index is 13.7. The van der Waals surface area contributed by atoms with Crippen molar-refractivity contribution in [2.45, 2.75) is 51.7 Å². The highest BCUT2D eigenvalue weighted by Gasteiger charge is 2.36. The first kappa shape index (κ1) is 31.0. The standard InChI is InChI=1S/C29H37N5O7S/c1-17-10-12-22(13-11-17)42(38,39)33(6)15-25-18(2)14-34(19(3)16-35)28(36)23-8-7-9-24(27(23)40-25)30-29(37)31-26-20(4)32-41-21(26)5/h7-13,18-19,25,35H,14-16H2,1-6H3,(H2,30,31,37)/t18-,19-,25-/m1/s1. The highest BCUT2D eigenvalue weighted by atomic mass is 32.2. The third kappa shape index (κ3) is 6.42. The number of aromatic nitrogens is 1. The van der Waals surface area contributed by atoms with E-state index in [1.165, 1.54) is 11.4 Å². The van der Waals surface area contributed by atoms with Crippen LogP contribution >= 0.6 is 0 Å². The Morgan fingerprint density at radius 1 is 1.17 bits per heavy atom. The van der Waals surface area contributed by atoms with Crippen LogP contribution < -0.4 is 15.4 Å². The first-order chi connectivity index (χ1) is 19.8. The van der Waals surface area contributed by atoms with E-state index in [-0.39, 0.29) is 53.4 Å². The Morgan fingerprint density at radius 2 is 1.86 bits per heavy atom. The molecule has 42 heavy (non-hydrogen) atoms. The highest BCUT2D eigenvalue weighted by Crippen LogP contribution is 2.35. The molecule has 3 atom stereocenters. The number of sulfonamides is 1. The van der Waals surface area contributed by atoms with Crippen LogP contribution in [0.4, 0.5) is 16.2 Å². The molecule has 3 amide bonds. The van der Waals surface area contributed by atoms with Crippen molar-refractivity contribution in [3.05, 3.63) is 65.0 Å². The molecule has 0 bridgehead atoms. The van der Waals surface area contributed by atoms with E-state index in [1.54, 1.807) is 68.1 Å². The molecule has 0 aliphatic carbocycles. The number of anilines is 2. The summed E-state index contributed by atoms with van der Waals surface area (Å²) in [5, 5.41) is 19.2. The number of aliphatic hydroxyl groups excluding tert-OH is 1. The Morgan fingerprint density at radius 3 is 2.48 bits per heavy atom. The highest BCUT2D eigenvalue weighted by molar-refractivity contribution is 7.89. The van der Waals surface area contributed by atoms with E-state index in [1.807, 2.05) is 13.8 Å². The van der Waals surface area contributed by atoms with Crippen LogP contribution in [0.1, 0.15) is 41.2 Å². The van der Waals surface area contributed by atoms with Gasteiger partial charge in [-0.25, -0.2) is 13.2 Å². The number of carbonyl (C=O) groups is 2. The number of hydrogen-bond acceptors (Lipinski definition) is 8. The second-order valence-corrected chi connectivity index (χ2v) is 12.7. The van der Waals surface area contributed by atoms with Gasteiger partial charge >= 0.3 is 6.03 Å². The van der Waals surface area contributed by atoms with Gasteiger partial charge in [-0.15, -0.1) is 0 Å². The Hall–Kier alpha value is -3.94. The van der Waals surface area contributed by atoms with Crippen molar-refractivity contribution in [1.29, 1.82) is 0 Å². The number of benzene rings is 2. The van der Waals surface area contributed by atoms with Gasteiger partial charge < -0.3 is 29.9 Å². The molecular weight excluding hydrogens is 562 g/mol. The summed E-state index contributed by atoms with van der Waals surface area (Å²) in [5.41, 5.74) is 2.24. The van der Waals surface area contributed by atoms with Gasteiger partial charge in [-0.2, -0.15) is 4.31 Å². The average molecular weight is 600 g/mol. The van der Waals surface area contributed by atoms with Gasteiger partial charge in [-0.05, 0) is 52.0 Å². The van der Waals surface area contributed by atoms with E-state index in [2.05, 4.69) is 15.8 Å². The van der Waals surface area contributed by atoms with Gasteiger partial charge in [0.15, 0.2) is 11.5 Å². The van der Waals surface area contributed by atoms with Crippen LogP contribution in [0.15, 0.2) is 51.9 Å². The van der Waals surface area contributed by atoms with Crippen LogP contribution in [0.2, 0.25) is 0 Å². The summed E-state index contributed by atoms with van der Waals surface area (Å²) in [4.78, 5) is 28.4. The van der Waals surface area contributed by atoms with E-state index in [9.17, 15) is 23.1 Å². The lowest BCUT2D eigenvalue weighted by Crippen LogP contribution is -2.50. The molecule has 3 N–H and O–H groups in total. The third-order valence-corrected chi connectivity index (χ3v) is 9.22. The SMILES string of the molecule is Cc1ccc(S(=O)(=O)N(C)C[C@H]2Oc3c(NC(=O)Nc4c(C)noc4C)cccc3C(=O)N([C@H](C)CO)C[C@H]2C)cc1. The Kier molecular flexibility index (Phi) is 9.24. The average Bonchev–Trinajstić information content (AvgIpc) is 3.26. The Balaban J connectivity index is 1.70. The van der Waals surface area contributed by atoms with Gasteiger partial charge in [0.2, 0.25) is 10.0 Å². The topological polar surface area (TPSA) is 154 Å². The van der Waals surface area contributed by atoms with E-state index >= 15 is 0 Å². The zero-order valence-corrected chi connectivity index (χ0v) is 25.4. The lowest BCUT2D eigenvalue weighted by atomic mass is 9.99. The van der Waals surface area contributed by atoms with Crippen molar-refractivity contribution >= 4 is 33.3 Å². The van der Waals surface area contributed by atoms with Gasteiger partial charge in [0.25, 0.3) is 5.91 Å². The predicted octanol–water partition coefficient (Wildman–Crippen LogP) is 3.78. The molecule has 2 aromatic carbocycles. The fraction of sp³-hybridized carbons (Fsp3) is 0.414. The third-order valence-electron chi connectivity index (χ3n) is 7.38. The quantitative estimate of drug-likeness (QED) is 0.353. The summed E-state index contributed by atoms with van der Waals surface area (Å²) in [6.07, 6.45) is -0.718. The number of rotatable bonds is 8. The molecule has 0 radical (unpaired) electrons. The number of fused-ring (bicyclic) bond motifs is 1. The van der Waals surface area contributed by atoms with Crippen LogP contribution in [-0.2, 0) is 10.0 Å². The number of hydrogen-bond donors (Lipinski definition) is 3. The van der Waals surface area contributed by atoms with Crippen molar-refractivity contribution in [3.63, 3.8) is 0 Å². The van der Waals surface area contributed by atoms with Crippen LogP contribution in [0.3, 0.4) is 0 Å². The molecular formula is C29H37N5O7S. The van der Waals surface area contributed by atoms with Crippen molar-refractivity contribution in [1.82, 2.24) is 14.4 Å². The predicted molar refractivity (Wildman–Crippen MR) is 157 cm³/mol. The number of carbonyl (C=O) groups excluding carboxylic acids is 2. The number of amides is 3. The zero-order chi connectivity index (χ0) is 30.8. The molecule has 2 heterocycles. The van der Waals surface area contributed by atoms with Crippen molar-refractivity contribution in [3.8, 4) is 5.75 Å². The van der Waals surface area contributed by atoms with Crippen LogP contribution in [0.25, 0.3) is 0 Å². The minimum absolute atomic E-state index is 0.0358.